The zero-order valence-electron chi connectivity index (χ0n) is 16.0. The van der Waals surface area contributed by atoms with Gasteiger partial charge in [0.25, 0.3) is 11.8 Å². The number of carbonyl (C=O) groups excluding carboxylic acids is 2. The van der Waals surface area contributed by atoms with Crippen LogP contribution < -0.4 is 31.0 Å². The Kier molecular flexibility index (Phi) is 7.70. The van der Waals surface area contributed by atoms with Gasteiger partial charge in [-0.25, -0.2) is 0 Å². The molecule has 1 rings (SSSR count). The Morgan fingerprint density at radius 2 is 1.73 bits per heavy atom. The summed E-state index contributed by atoms with van der Waals surface area (Å²) in [6.07, 6.45) is 0.739. The van der Waals surface area contributed by atoms with Crippen molar-refractivity contribution >= 4 is 11.8 Å². The molecule has 1 unspecified atom stereocenters. The molecule has 1 atom stereocenters. The molecule has 0 aliphatic heterocycles. The largest absolute Gasteiger partial charge is 0.493 e. The summed E-state index contributed by atoms with van der Waals surface area (Å²) in [6.45, 7) is 6.01. The zero-order chi connectivity index (χ0) is 19.9. The Balaban J connectivity index is 3.16. The summed E-state index contributed by atoms with van der Waals surface area (Å²) in [4.78, 5) is 23.7. The average Bonchev–Trinajstić information content (AvgIpc) is 2.58. The number of hydrogen-bond acceptors (Lipinski definition) is 6. The number of nitrogens with two attached hydrogens (primary N) is 2. The van der Waals surface area contributed by atoms with Crippen LogP contribution in [0, 0.1) is 5.92 Å². The van der Waals surface area contributed by atoms with Gasteiger partial charge in [0, 0.05) is 17.6 Å². The molecule has 26 heavy (non-hydrogen) atoms. The molecule has 2 amide bonds. The highest BCUT2D eigenvalue weighted by Gasteiger charge is 2.27. The van der Waals surface area contributed by atoms with Crippen LogP contribution in [-0.2, 0) is 4.79 Å². The normalized spacial score (nSPS) is 13.0. The topological polar surface area (TPSA) is 126 Å². The molecule has 0 aliphatic carbocycles. The van der Waals surface area contributed by atoms with Crippen molar-refractivity contribution < 1.29 is 23.8 Å². The van der Waals surface area contributed by atoms with Gasteiger partial charge >= 0.3 is 0 Å². The second kappa shape index (κ2) is 9.28. The Hall–Kier alpha value is -2.48. The lowest BCUT2D eigenvalue weighted by molar-refractivity contribution is -0.120. The quantitative estimate of drug-likeness (QED) is 0.568. The van der Waals surface area contributed by atoms with Gasteiger partial charge in [-0.2, -0.15) is 0 Å². The Morgan fingerprint density at radius 1 is 1.19 bits per heavy atom. The molecule has 8 heteroatoms. The summed E-state index contributed by atoms with van der Waals surface area (Å²) in [5.74, 6) is 0.148. The van der Waals surface area contributed by atoms with Crippen molar-refractivity contribution in [3.8, 4) is 17.2 Å². The summed E-state index contributed by atoms with van der Waals surface area (Å²) >= 11 is 0. The molecule has 1 aromatic rings. The molecule has 0 fully saturated rings. The van der Waals surface area contributed by atoms with E-state index in [-0.39, 0.29) is 29.8 Å². The maximum atomic E-state index is 12.7. The van der Waals surface area contributed by atoms with Crippen LogP contribution in [0.15, 0.2) is 12.1 Å². The van der Waals surface area contributed by atoms with Crippen LogP contribution >= 0.6 is 0 Å². The minimum Gasteiger partial charge on any atom is -0.493 e. The van der Waals surface area contributed by atoms with Crippen molar-refractivity contribution in [1.82, 2.24) is 5.32 Å². The molecule has 0 spiro atoms. The number of ether oxygens (including phenoxy) is 3. The molecule has 0 heterocycles. The maximum absolute atomic E-state index is 12.7. The number of carbonyl (C=O) groups is 2. The third-order valence-electron chi connectivity index (χ3n) is 3.81. The predicted octanol–water partition coefficient (Wildman–Crippen LogP) is 1.06. The summed E-state index contributed by atoms with van der Waals surface area (Å²) < 4.78 is 15.9. The molecule has 0 aliphatic rings. The SMILES string of the molecule is COc1cc(C(=O)NC(C)(CN)CC(C)C)cc(OC)c1OCC(N)=O. The van der Waals surface area contributed by atoms with Gasteiger partial charge in [-0.05, 0) is 31.4 Å². The van der Waals surface area contributed by atoms with E-state index < -0.39 is 11.4 Å². The van der Waals surface area contributed by atoms with Crippen LogP contribution in [0.4, 0.5) is 0 Å². The van der Waals surface area contributed by atoms with Crippen LogP contribution in [0.1, 0.15) is 37.6 Å². The summed E-state index contributed by atoms with van der Waals surface area (Å²) in [5.41, 5.74) is 10.8. The van der Waals surface area contributed by atoms with E-state index in [9.17, 15) is 9.59 Å². The summed E-state index contributed by atoms with van der Waals surface area (Å²) in [6, 6.07) is 3.03. The number of nitrogens with one attached hydrogen (secondary N) is 1. The number of benzene rings is 1. The van der Waals surface area contributed by atoms with Crippen LogP contribution in [-0.4, -0.2) is 44.7 Å². The van der Waals surface area contributed by atoms with E-state index in [0.29, 0.717) is 18.0 Å². The number of methoxy groups -OCH3 is 2. The van der Waals surface area contributed by atoms with Crippen molar-refractivity contribution in [2.24, 2.45) is 17.4 Å². The fraction of sp³-hybridized carbons (Fsp3) is 0.556. The molecule has 8 nitrogen and oxygen atoms in total. The molecule has 0 aromatic heterocycles. The minimum atomic E-state index is -0.636. The minimum absolute atomic E-state index is 0.203. The molecule has 0 bridgehead atoms. The third-order valence-corrected chi connectivity index (χ3v) is 3.81. The smallest absolute Gasteiger partial charge is 0.255 e. The maximum Gasteiger partial charge on any atom is 0.255 e. The van der Waals surface area contributed by atoms with Gasteiger partial charge in [-0.3, -0.25) is 9.59 Å². The lowest BCUT2D eigenvalue weighted by Gasteiger charge is -2.31. The first-order valence-corrected chi connectivity index (χ1v) is 8.35. The van der Waals surface area contributed by atoms with Gasteiger partial charge in [-0.1, -0.05) is 13.8 Å². The van der Waals surface area contributed by atoms with E-state index >= 15 is 0 Å². The van der Waals surface area contributed by atoms with Crippen molar-refractivity contribution in [2.45, 2.75) is 32.7 Å². The van der Waals surface area contributed by atoms with Gasteiger partial charge in [0.15, 0.2) is 18.1 Å². The molecule has 1 aromatic carbocycles. The second-order valence-corrected chi connectivity index (χ2v) is 6.78. The highest BCUT2D eigenvalue weighted by molar-refractivity contribution is 5.96. The van der Waals surface area contributed by atoms with Gasteiger partial charge in [0.2, 0.25) is 5.75 Å². The molecule has 146 valence electrons. The lowest BCUT2D eigenvalue weighted by Crippen LogP contribution is -2.52. The lowest BCUT2D eigenvalue weighted by atomic mass is 9.90. The van der Waals surface area contributed by atoms with Crippen molar-refractivity contribution in [3.05, 3.63) is 17.7 Å². The van der Waals surface area contributed by atoms with Crippen LogP contribution in [0.3, 0.4) is 0 Å². The van der Waals surface area contributed by atoms with E-state index in [1.807, 2.05) is 6.92 Å². The highest BCUT2D eigenvalue weighted by Crippen LogP contribution is 2.38. The second-order valence-electron chi connectivity index (χ2n) is 6.78. The first-order chi connectivity index (χ1) is 12.2. The van der Waals surface area contributed by atoms with E-state index in [0.717, 1.165) is 6.42 Å². The predicted molar refractivity (Wildman–Crippen MR) is 98.6 cm³/mol. The zero-order valence-corrected chi connectivity index (χ0v) is 16.0. The molecular weight excluding hydrogens is 338 g/mol. The van der Waals surface area contributed by atoms with Crippen molar-refractivity contribution in [2.75, 3.05) is 27.4 Å². The van der Waals surface area contributed by atoms with Gasteiger partial charge in [0.1, 0.15) is 0 Å². The number of rotatable bonds is 10. The highest BCUT2D eigenvalue weighted by atomic mass is 16.5. The summed E-state index contributed by atoms with van der Waals surface area (Å²) in [7, 11) is 2.85. The standard InChI is InChI=1S/C18H29N3O5/c1-11(2)8-18(3,10-19)21-17(23)12-6-13(24-4)16(14(7-12)25-5)26-9-15(20)22/h6-7,11H,8-10,19H2,1-5H3,(H2,20,22)(H,21,23). The first kappa shape index (κ1) is 21.6. The van der Waals surface area contributed by atoms with Crippen molar-refractivity contribution in [3.63, 3.8) is 0 Å². The van der Waals surface area contributed by atoms with Crippen LogP contribution in [0.5, 0.6) is 17.2 Å². The van der Waals surface area contributed by atoms with Gasteiger partial charge in [-0.15, -0.1) is 0 Å². The molecule has 0 radical (unpaired) electrons. The Labute approximate surface area is 154 Å². The van der Waals surface area contributed by atoms with Crippen molar-refractivity contribution in [1.29, 1.82) is 0 Å². The molecule has 0 saturated heterocycles. The van der Waals surface area contributed by atoms with Gasteiger partial charge < -0.3 is 31.0 Å². The van der Waals surface area contributed by atoms with E-state index in [1.54, 1.807) is 0 Å². The molecule has 5 N–H and O–H groups in total. The number of hydrogen-bond donors (Lipinski definition) is 3. The summed E-state index contributed by atoms with van der Waals surface area (Å²) in [5, 5.41) is 2.97. The van der Waals surface area contributed by atoms with Gasteiger partial charge in [0.05, 0.1) is 14.2 Å². The Bertz CT molecular complexity index is 623. The van der Waals surface area contributed by atoms with E-state index in [2.05, 4.69) is 19.2 Å². The molecule has 0 saturated carbocycles. The monoisotopic (exact) mass is 367 g/mol. The van der Waals surface area contributed by atoms with Crippen LogP contribution in [0.2, 0.25) is 0 Å². The van der Waals surface area contributed by atoms with E-state index in [4.69, 9.17) is 25.7 Å². The first-order valence-electron chi connectivity index (χ1n) is 8.35. The number of amides is 2. The number of primary amides is 1. The fourth-order valence-electron chi connectivity index (χ4n) is 2.73. The van der Waals surface area contributed by atoms with Crippen LogP contribution in [0.25, 0.3) is 0 Å². The van der Waals surface area contributed by atoms with E-state index in [1.165, 1.54) is 26.4 Å². The fourth-order valence-corrected chi connectivity index (χ4v) is 2.73. The average molecular weight is 367 g/mol. The third kappa shape index (κ3) is 5.80. The molecular formula is C18H29N3O5. The Morgan fingerprint density at radius 3 is 2.12 bits per heavy atom.